The van der Waals surface area contributed by atoms with Gasteiger partial charge in [-0.25, -0.2) is 0 Å². The highest BCUT2D eigenvalue weighted by Crippen LogP contribution is 2.39. The standard InChI is InChI=1S/C16H16F3NO2/c17-16(18,19)13-5-2-12(3-6-13)4-7-14(22)20-10-15(11-21)8-1-9-15/h2-3,5-6,21H,1,8-11H2,(H,20,22). The smallest absolute Gasteiger partial charge is 0.396 e. The second-order valence-corrected chi connectivity index (χ2v) is 5.52. The number of benzene rings is 1. The third-order valence-electron chi connectivity index (χ3n) is 3.91. The molecule has 2 rings (SSSR count). The van der Waals surface area contributed by atoms with Gasteiger partial charge < -0.3 is 10.4 Å². The monoisotopic (exact) mass is 311 g/mol. The van der Waals surface area contributed by atoms with Crippen molar-refractivity contribution in [3.8, 4) is 11.8 Å². The van der Waals surface area contributed by atoms with Gasteiger partial charge in [0.15, 0.2) is 0 Å². The Morgan fingerprint density at radius 2 is 1.91 bits per heavy atom. The topological polar surface area (TPSA) is 49.3 Å². The van der Waals surface area contributed by atoms with E-state index >= 15 is 0 Å². The highest BCUT2D eigenvalue weighted by molar-refractivity contribution is 5.94. The number of aliphatic hydroxyl groups excluding tert-OH is 1. The Morgan fingerprint density at radius 1 is 1.27 bits per heavy atom. The van der Waals surface area contributed by atoms with Crippen LogP contribution in [-0.2, 0) is 11.0 Å². The molecule has 1 aliphatic rings. The number of amides is 1. The molecule has 1 fully saturated rings. The van der Waals surface area contributed by atoms with E-state index in [4.69, 9.17) is 0 Å². The maximum absolute atomic E-state index is 12.4. The average molecular weight is 311 g/mol. The predicted molar refractivity (Wildman–Crippen MR) is 74.7 cm³/mol. The van der Waals surface area contributed by atoms with Crippen LogP contribution in [-0.4, -0.2) is 24.2 Å². The van der Waals surface area contributed by atoms with E-state index in [1.807, 2.05) is 0 Å². The molecule has 2 N–H and O–H groups in total. The van der Waals surface area contributed by atoms with E-state index in [9.17, 15) is 23.1 Å². The summed E-state index contributed by atoms with van der Waals surface area (Å²) in [5.74, 6) is 4.36. The van der Waals surface area contributed by atoms with E-state index in [1.54, 1.807) is 0 Å². The van der Waals surface area contributed by atoms with Crippen molar-refractivity contribution in [2.75, 3.05) is 13.2 Å². The molecule has 1 aliphatic carbocycles. The van der Waals surface area contributed by atoms with Gasteiger partial charge in [-0.15, -0.1) is 0 Å². The summed E-state index contributed by atoms with van der Waals surface area (Å²) in [6.45, 7) is 0.392. The fourth-order valence-electron chi connectivity index (χ4n) is 2.25. The van der Waals surface area contributed by atoms with Gasteiger partial charge in [-0.05, 0) is 37.1 Å². The van der Waals surface area contributed by atoms with Gasteiger partial charge in [0.1, 0.15) is 0 Å². The number of nitrogens with one attached hydrogen (secondary N) is 1. The van der Waals surface area contributed by atoms with Crippen molar-refractivity contribution < 1.29 is 23.1 Å². The van der Waals surface area contributed by atoms with Gasteiger partial charge in [0, 0.05) is 23.4 Å². The first-order chi connectivity index (χ1) is 10.3. The normalized spacial score (nSPS) is 16.2. The average Bonchev–Trinajstić information content (AvgIpc) is 2.44. The number of aliphatic hydroxyl groups is 1. The van der Waals surface area contributed by atoms with Crippen molar-refractivity contribution >= 4 is 5.91 Å². The molecule has 118 valence electrons. The molecule has 1 saturated carbocycles. The zero-order valence-electron chi connectivity index (χ0n) is 11.8. The number of carbonyl (C=O) groups excluding carboxylic acids is 1. The lowest BCUT2D eigenvalue weighted by atomic mass is 9.69. The highest BCUT2D eigenvalue weighted by atomic mass is 19.4. The number of hydrogen-bond acceptors (Lipinski definition) is 2. The van der Waals surface area contributed by atoms with Gasteiger partial charge >= 0.3 is 6.18 Å². The molecule has 0 radical (unpaired) electrons. The summed E-state index contributed by atoms with van der Waals surface area (Å²) in [4.78, 5) is 11.6. The van der Waals surface area contributed by atoms with Gasteiger partial charge in [0.25, 0.3) is 5.91 Å². The summed E-state index contributed by atoms with van der Waals surface area (Å²) in [5, 5.41) is 11.9. The molecule has 0 atom stereocenters. The van der Waals surface area contributed by atoms with Crippen LogP contribution in [0.1, 0.15) is 30.4 Å². The molecule has 6 heteroatoms. The van der Waals surface area contributed by atoms with Crippen molar-refractivity contribution in [1.82, 2.24) is 5.32 Å². The van der Waals surface area contributed by atoms with Gasteiger partial charge in [0.2, 0.25) is 0 Å². The zero-order valence-corrected chi connectivity index (χ0v) is 11.8. The number of alkyl halides is 3. The molecule has 1 aromatic rings. The zero-order chi connectivity index (χ0) is 16.2. The minimum atomic E-state index is -4.38. The van der Waals surface area contributed by atoms with Crippen LogP contribution in [0.4, 0.5) is 13.2 Å². The van der Waals surface area contributed by atoms with Gasteiger partial charge in [-0.3, -0.25) is 4.79 Å². The Balaban J connectivity index is 1.91. The first kappa shape index (κ1) is 16.4. The Labute approximate surface area is 126 Å². The lowest BCUT2D eigenvalue weighted by Crippen LogP contribution is -2.44. The summed E-state index contributed by atoms with van der Waals surface area (Å²) in [7, 11) is 0. The lowest BCUT2D eigenvalue weighted by Gasteiger charge is -2.40. The molecule has 1 aromatic carbocycles. The van der Waals surface area contributed by atoms with Crippen molar-refractivity contribution in [3.63, 3.8) is 0 Å². The summed E-state index contributed by atoms with van der Waals surface area (Å²) in [5.41, 5.74) is -0.646. The molecule has 0 spiro atoms. The molecule has 3 nitrogen and oxygen atoms in total. The maximum Gasteiger partial charge on any atom is 0.416 e. The molecular formula is C16H16F3NO2. The van der Waals surface area contributed by atoms with Crippen molar-refractivity contribution in [2.45, 2.75) is 25.4 Å². The first-order valence-corrected chi connectivity index (χ1v) is 6.93. The number of rotatable bonds is 3. The number of carbonyl (C=O) groups is 1. The van der Waals surface area contributed by atoms with E-state index in [2.05, 4.69) is 17.2 Å². The minimum absolute atomic E-state index is 0.0274. The van der Waals surface area contributed by atoms with E-state index in [1.165, 1.54) is 12.1 Å². The Hall–Kier alpha value is -2.00. The second-order valence-electron chi connectivity index (χ2n) is 5.52. The molecular weight excluding hydrogens is 295 g/mol. The van der Waals surface area contributed by atoms with Crippen molar-refractivity contribution in [3.05, 3.63) is 35.4 Å². The molecule has 0 unspecified atom stereocenters. The molecule has 0 heterocycles. The van der Waals surface area contributed by atoms with Gasteiger partial charge in [0.05, 0.1) is 12.2 Å². The molecule has 0 aromatic heterocycles. The van der Waals surface area contributed by atoms with Gasteiger partial charge in [-0.1, -0.05) is 12.3 Å². The van der Waals surface area contributed by atoms with Crippen molar-refractivity contribution in [1.29, 1.82) is 0 Å². The molecule has 0 saturated heterocycles. The Kier molecular flexibility index (Phi) is 4.77. The summed E-state index contributed by atoms with van der Waals surface area (Å²) < 4.78 is 37.2. The largest absolute Gasteiger partial charge is 0.416 e. The summed E-state index contributed by atoms with van der Waals surface area (Å²) >= 11 is 0. The van der Waals surface area contributed by atoms with Crippen LogP contribution < -0.4 is 5.32 Å². The van der Waals surface area contributed by atoms with Crippen LogP contribution in [0.3, 0.4) is 0 Å². The first-order valence-electron chi connectivity index (χ1n) is 6.93. The van der Waals surface area contributed by atoms with E-state index in [0.29, 0.717) is 12.1 Å². The Morgan fingerprint density at radius 3 is 2.36 bits per heavy atom. The molecule has 0 aliphatic heterocycles. The van der Waals surface area contributed by atoms with E-state index in [-0.39, 0.29) is 12.0 Å². The third kappa shape index (κ3) is 4.01. The SMILES string of the molecule is O=C(C#Cc1ccc(C(F)(F)F)cc1)NCC1(CO)CCC1. The van der Waals surface area contributed by atoms with Crippen molar-refractivity contribution in [2.24, 2.45) is 5.41 Å². The Bertz CT molecular complexity index is 587. The maximum atomic E-state index is 12.4. The summed E-state index contributed by atoms with van der Waals surface area (Å²) in [6.07, 6.45) is -1.61. The highest BCUT2D eigenvalue weighted by Gasteiger charge is 2.36. The van der Waals surface area contributed by atoms with E-state index in [0.717, 1.165) is 31.4 Å². The molecule has 1 amide bonds. The van der Waals surface area contributed by atoms with Gasteiger partial charge in [-0.2, -0.15) is 13.2 Å². The molecule has 22 heavy (non-hydrogen) atoms. The van der Waals surface area contributed by atoms with Crippen LogP contribution in [0.15, 0.2) is 24.3 Å². The lowest BCUT2D eigenvalue weighted by molar-refractivity contribution is -0.137. The van der Waals surface area contributed by atoms with Crippen LogP contribution in [0.25, 0.3) is 0 Å². The van der Waals surface area contributed by atoms with Crippen LogP contribution in [0.5, 0.6) is 0 Å². The fraction of sp³-hybridized carbons (Fsp3) is 0.438. The fourth-order valence-corrected chi connectivity index (χ4v) is 2.25. The quantitative estimate of drug-likeness (QED) is 0.842. The molecule has 0 bridgehead atoms. The predicted octanol–water partition coefficient (Wildman–Crippen LogP) is 2.34. The number of hydrogen-bond donors (Lipinski definition) is 2. The van der Waals surface area contributed by atoms with Crippen LogP contribution in [0, 0.1) is 17.3 Å². The second kappa shape index (κ2) is 6.41. The number of halogens is 3. The third-order valence-corrected chi connectivity index (χ3v) is 3.91. The van der Waals surface area contributed by atoms with Crippen LogP contribution >= 0.6 is 0 Å². The summed E-state index contributed by atoms with van der Waals surface area (Å²) in [6, 6.07) is 4.31. The van der Waals surface area contributed by atoms with Crippen LogP contribution in [0.2, 0.25) is 0 Å². The minimum Gasteiger partial charge on any atom is -0.396 e. The van der Waals surface area contributed by atoms with E-state index < -0.39 is 17.6 Å².